The minimum atomic E-state index is -0.0368. The summed E-state index contributed by atoms with van der Waals surface area (Å²) in [6, 6.07) is 8.04. The van der Waals surface area contributed by atoms with Crippen molar-refractivity contribution in [2.45, 2.75) is 12.5 Å². The van der Waals surface area contributed by atoms with Crippen molar-refractivity contribution >= 4 is 11.3 Å². The largest absolute Gasteiger partial charge is 0.339 e. The molecule has 3 rings (SSSR count). The van der Waals surface area contributed by atoms with Crippen molar-refractivity contribution < 1.29 is 4.52 Å². The molecule has 3 aromatic rings. The van der Waals surface area contributed by atoms with Gasteiger partial charge in [0.2, 0.25) is 5.89 Å². The van der Waals surface area contributed by atoms with Crippen LogP contribution in [-0.4, -0.2) is 21.3 Å². The van der Waals surface area contributed by atoms with Crippen LogP contribution < -0.4 is 5.73 Å². The number of hydrogen-bond donors (Lipinski definition) is 1. The molecular weight excluding hydrogens is 260 g/mol. The van der Waals surface area contributed by atoms with E-state index in [-0.39, 0.29) is 6.04 Å². The molecule has 5 nitrogen and oxygen atoms in total. The lowest BCUT2D eigenvalue weighted by Gasteiger charge is -2.13. The highest BCUT2D eigenvalue weighted by atomic mass is 32.1. The number of thiophene rings is 1. The number of aromatic nitrogens is 3. The molecule has 0 amide bonds. The van der Waals surface area contributed by atoms with E-state index in [4.69, 9.17) is 10.3 Å². The average Bonchev–Trinajstić information content (AvgIpc) is 3.13. The number of nitrogens with two attached hydrogens (primary N) is 1. The summed E-state index contributed by atoms with van der Waals surface area (Å²) in [5.41, 5.74) is 5.50. The average molecular weight is 274 g/mol. The molecule has 3 aromatic heterocycles. The molecule has 0 aliphatic rings. The lowest BCUT2D eigenvalue weighted by molar-refractivity contribution is 0.371. The highest BCUT2D eigenvalue weighted by molar-refractivity contribution is 7.10. The van der Waals surface area contributed by atoms with Gasteiger partial charge in [-0.1, -0.05) is 11.2 Å². The predicted octanol–water partition coefficient (Wildman–Crippen LogP) is 2.07. The summed E-state index contributed by atoms with van der Waals surface area (Å²) in [4.78, 5) is 5.62. The molecule has 0 radical (unpaired) electrons. The zero-order chi connectivity index (χ0) is 13.1. The third-order valence-corrected chi connectivity index (χ3v) is 3.75. The van der Waals surface area contributed by atoms with Crippen molar-refractivity contribution in [2.75, 3.05) is 6.54 Å². The van der Waals surface area contributed by atoms with Crippen molar-refractivity contribution in [1.29, 1.82) is 0 Å². The lowest BCUT2D eigenvalue weighted by Crippen LogP contribution is -2.11. The van der Waals surface area contributed by atoms with Gasteiger partial charge in [0.05, 0.1) is 0 Å². The van der Waals surface area contributed by atoms with Crippen LogP contribution in [0.5, 0.6) is 0 Å². The second-order valence-electron chi connectivity index (χ2n) is 4.13. The summed E-state index contributed by atoms with van der Waals surface area (Å²) in [5.74, 6) is 1.26. The maximum Gasteiger partial charge on any atom is 0.228 e. The second kappa shape index (κ2) is 5.38. The second-order valence-corrected chi connectivity index (χ2v) is 5.11. The molecule has 0 saturated heterocycles. The third-order valence-electron chi connectivity index (χ3n) is 2.82. The fraction of sp³-hybridized carbons (Fsp3) is 0.231. The number of hydrogen-bond acceptors (Lipinski definition) is 5. The van der Waals surface area contributed by atoms with Crippen LogP contribution in [0.25, 0.3) is 0 Å². The van der Waals surface area contributed by atoms with E-state index in [0.29, 0.717) is 24.7 Å². The molecular formula is C13H14N4OS. The molecule has 1 atom stereocenters. The number of rotatable bonds is 5. The molecule has 2 N–H and O–H groups in total. The van der Waals surface area contributed by atoms with E-state index in [1.54, 1.807) is 11.3 Å². The molecule has 0 aromatic carbocycles. The van der Waals surface area contributed by atoms with Crippen LogP contribution >= 0.6 is 11.3 Å². The van der Waals surface area contributed by atoms with E-state index in [1.165, 1.54) is 4.88 Å². The van der Waals surface area contributed by atoms with Crippen LogP contribution in [0.3, 0.4) is 0 Å². The Balaban J connectivity index is 1.99. The summed E-state index contributed by atoms with van der Waals surface area (Å²) >= 11 is 1.68. The SMILES string of the molecule is NCCc1nc([C@@H](c2cccs2)n2cccc2)no1. The molecule has 0 bridgehead atoms. The zero-order valence-electron chi connectivity index (χ0n) is 10.3. The Bertz CT molecular complexity index is 581. The van der Waals surface area contributed by atoms with Gasteiger partial charge >= 0.3 is 0 Å². The molecule has 0 unspecified atom stereocenters. The lowest BCUT2D eigenvalue weighted by atomic mass is 10.2. The summed E-state index contributed by atoms with van der Waals surface area (Å²) in [5, 5.41) is 6.14. The quantitative estimate of drug-likeness (QED) is 0.773. The summed E-state index contributed by atoms with van der Waals surface area (Å²) in [7, 11) is 0. The molecule has 0 fully saturated rings. The van der Waals surface area contributed by atoms with E-state index in [1.807, 2.05) is 36.0 Å². The number of nitrogens with zero attached hydrogens (tertiary/aromatic N) is 3. The first-order chi connectivity index (χ1) is 9.38. The van der Waals surface area contributed by atoms with Crippen LogP contribution in [0.1, 0.15) is 22.6 Å². The smallest absolute Gasteiger partial charge is 0.228 e. The van der Waals surface area contributed by atoms with Gasteiger partial charge in [0, 0.05) is 30.2 Å². The van der Waals surface area contributed by atoms with Gasteiger partial charge in [0.25, 0.3) is 0 Å². The van der Waals surface area contributed by atoms with Gasteiger partial charge in [0.15, 0.2) is 5.82 Å². The summed E-state index contributed by atoms with van der Waals surface area (Å²) < 4.78 is 7.30. The molecule has 0 aliphatic carbocycles. The Kier molecular flexibility index (Phi) is 3.43. The standard InChI is InChI=1S/C13H14N4OS/c14-6-5-11-15-13(16-18-11)12(10-4-3-9-19-10)17-7-1-2-8-17/h1-4,7-9,12H,5-6,14H2/t12-/m1/s1. The zero-order valence-corrected chi connectivity index (χ0v) is 11.1. The normalized spacial score (nSPS) is 12.7. The van der Waals surface area contributed by atoms with Gasteiger partial charge < -0.3 is 14.8 Å². The molecule has 0 saturated carbocycles. The van der Waals surface area contributed by atoms with Crippen molar-refractivity contribution in [2.24, 2.45) is 5.73 Å². The van der Waals surface area contributed by atoms with Crippen LogP contribution in [0.2, 0.25) is 0 Å². The monoisotopic (exact) mass is 274 g/mol. The Labute approximate surface area is 114 Å². The van der Waals surface area contributed by atoms with E-state index < -0.39 is 0 Å². The Morgan fingerprint density at radius 1 is 1.32 bits per heavy atom. The summed E-state index contributed by atoms with van der Waals surface area (Å²) in [6.07, 6.45) is 4.61. The first-order valence-corrected chi connectivity index (χ1v) is 6.95. The maximum atomic E-state index is 5.50. The van der Waals surface area contributed by atoms with Crippen LogP contribution in [-0.2, 0) is 6.42 Å². The molecule has 98 valence electrons. The van der Waals surface area contributed by atoms with Crippen molar-refractivity contribution in [3.63, 3.8) is 0 Å². The van der Waals surface area contributed by atoms with Gasteiger partial charge in [-0.05, 0) is 23.6 Å². The predicted molar refractivity (Wildman–Crippen MR) is 73.0 cm³/mol. The Morgan fingerprint density at radius 2 is 2.16 bits per heavy atom. The van der Waals surface area contributed by atoms with E-state index >= 15 is 0 Å². The van der Waals surface area contributed by atoms with Crippen molar-refractivity contribution in [3.05, 3.63) is 58.6 Å². The maximum absolute atomic E-state index is 5.50. The Morgan fingerprint density at radius 3 is 2.84 bits per heavy atom. The molecule has 0 aliphatic heterocycles. The Hall–Kier alpha value is -1.92. The minimum absolute atomic E-state index is 0.0368. The van der Waals surface area contributed by atoms with Crippen LogP contribution in [0.15, 0.2) is 46.6 Å². The van der Waals surface area contributed by atoms with E-state index in [2.05, 4.69) is 20.8 Å². The van der Waals surface area contributed by atoms with Crippen LogP contribution in [0, 0.1) is 0 Å². The fourth-order valence-corrected chi connectivity index (χ4v) is 2.81. The van der Waals surface area contributed by atoms with E-state index in [0.717, 1.165) is 0 Å². The van der Waals surface area contributed by atoms with Gasteiger partial charge in [0.1, 0.15) is 6.04 Å². The van der Waals surface area contributed by atoms with Crippen molar-refractivity contribution in [3.8, 4) is 0 Å². The first-order valence-electron chi connectivity index (χ1n) is 6.07. The minimum Gasteiger partial charge on any atom is -0.339 e. The first kappa shape index (κ1) is 12.1. The third kappa shape index (κ3) is 2.45. The molecule has 19 heavy (non-hydrogen) atoms. The van der Waals surface area contributed by atoms with E-state index in [9.17, 15) is 0 Å². The van der Waals surface area contributed by atoms with Crippen LogP contribution in [0.4, 0.5) is 0 Å². The van der Waals surface area contributed by atoms with Gasteiger partial charge in [-0.3, -0.25) is 0 Å². The van der Waals surface area contributed by atoms with Gasteiger partial charge in [-0.2, -0.15) is 4.98 Å². The molecule has 3 heterocycles. The topological polar surface area (TPSA) is 69.9 Å². The van der Waals surface area contributed by atoms with Gasteiger partial charge in [-0.15, -0.1) is 11.3 Å². The van der Waals surface area contributed by atoms with Gasteiger partial charge in [-0.25, -0.2) is 0 Å². The highest BCUT2D eigenvalue weighted by Crippen LogP contribution is 2.28. The fourth-order valence-electron chi connectivity index (χ4n) is 1.98. The molecule has 6 heteroatoms. The molecule has 0 spiro atoms. The highest BCUT2D eigenvalue weighted by Gasteiger charge is 2.22. The summed E-state index contributed by atoms with van der Waals surface area (Å²) in [6.45, 7) is 0.509. The van der Waals surface area contributed by atoms with Crippen molar-refractivity contribution in [1.82, 2.24) is 14.7 Å².